The standard InChI is InChI=1S/C29H36FN3O4.C2H6/c1-28(2,3)37-27(35)33-14-13-24-21(18-33)16-29(4,36-26(31)34)25(24)10-6-9-23-12-11-20(17-32-23)19-7-5-8-22(30)15-19;1-2/h5-9,11-12,15,17,21,24-25H,10,13-14,16,18H2,1-4H3,(H2,31,34);1-2H3/b9-6+;. The van der Waals surface area contributed by atoms with Crippen LogP contribution in [-0.2, 0) is 9.47 Å². The van der Waals surface area contributed by atoms with Gasteiger partial charge in [0.25, 0.3) is 0 Å². The lowest BCUT2D eigenvalue weighted by Crippen LogP contribution is -2.45. The maximum absolute atomic E-state index is 13.5. The number of halogens is 1. The number of nitrogens with zero attached hydrogens (tertiary/aromatic N) is 2. The first-order chi connectivity index (χ1) is 18.4. The van der Waals surface area contributed by atoms with Gasteiger partial charge in [-0.1, -0.05) is 38.1 Å². The predicted octanol–water partition coefficient (Wildman–Crippen LogP) is 7.06. The van der Waals surface area contributed by atoms with Gasteiger partial charge in [-0.3, -0.25) is 4.98 Å². The van der Waals surface area contributed by atoms with Crippen LogP contribution in [0, 0.1) is 23.6 Å². The second-order valence-electron chi connectivity index (χ2n) is 11.3. The molecule has 4 atom stereocenters. The maximum atomic E-state index is 13.5. The van der Waals surface area contributed by atoms with E-state index in [1.807, 2.05) is 65.8 Å². The summed E-state index contributed by atoms with van der Waals surface area (Å²) in [5, 5.41) is 0. The van der Waals surface area contributed by atoms with E-state index < -0.39 is 17.3 Å². The molecule has 4 unspecified atom stereocenters. The molecule has 2 aromatic rings. The Kier molecular flexibility index (Phi) is 9.75. The minimum atomic E-state index is -0.784. The van der Waals surface area contributed by atoms with Crippen molar-refractivity contribution in [3.05, 3.63) is 60.2 Å². The van der Waals surface area contributed by atoms with Crippen molar-refractivity contribution in [2.24, 2.45) is 23.5 Å². The number of likely N-dealkylation sites (tertiary alicyclic amines) is 1. The van der Waals surface area contributed by atoms with Crippen LogP contribution in [0.2, 0.25) is 0 Å². The molecule has 0 radical (unpaired) electrons. The summed E-state index contributed by atoms with van der Waals surface area (Å²) < 4.78 is 24.8. The van der Waals surface area contributed by atoms with Crippen molar-refractivity contribution in [3.8, 4) is 11.1 Å². The molecule has 1 aliphatic carbocycles. The Morgan fingerprint density at radius 3 is 2.56 bits per heavy atom. The van der Waals surface area contributed by atoms with Gasteiger partial charge in [-0.05, 0) is 88.6 Å². The molecule has 1 aromatic carbocycles. The van der Waals surface area contributed by atoms with Gasteiger partial charge in [-0.25, -0.2) is 14.0 Å². The summed E-state index contributed by atoms with van der Waals surface area (Å²) >= 11 is 0. The van der Waals surface area contributed by atoms with Gasteiger partial charge in [-0.2, -0.15) is 0 Å². The molecule has 2 aliphatic rings. The summed E-state index contributed by atoms with van der Waals surface area (Å²) in [6.07, 6.45) is 6.77. The van der Waals surface area contributed by atoms with Crippen LogP contribution >= 0.6 is 0 Å². The second-order valence-corrected chi connectivity index (χ2v) is 11.3. The monoisotopic (exact) mass is 539 g/mol. The molecular formula is C31H42FN3O4. The van der Waals surface area contributed by atoms with E-state index in [1.54, 1.807) is 17.2 Å². The molecule has 39 heavy (non-hydrogen) atoms. The van der Waals surface area contributed by atoms with E-state index in [9.17, 15) is 14.0 Å². The van der Waals surface area contributed by atoms with E-state index in [0.717, 1.165) is 23.2 Å². The van der Waals surface area contributed by atoms with E-state index in [1.165, 1.54) is 12.1 Å². The highest BCUT2D eigenvalue weighted by molar-refractivity contribution is 5.68. The van der Waals surface area contributed by atoms with Crippen LogP contribution in [0.25, 0.3) is 17.2 Å². The lowest BCUT2D eigenvalue weighted by atomic mass is 9.79. The van der Waals surface area contributed by atoms with Crippen molar-refractivity contribution >= 4 is 18.3 Å². The zero-order chi connectivity index (χ0) is 28.8. The third kappa shape index (κ3) is 7.80. The number of rotatable bonds is 5. The number of ether oxygens (including phenoxy) is 2. The van der Waals surface area contributed by atoms with E-state index in [0.29, 0.717) is 25.9 Å². The van der Waals surface area contributed by atoms with Crippen molar-refractivity contribution in [2.45, 2.75) is 72.0 Å². The number of primary amides is 1. The number of piperidine rings is 1. The molecule has 4 rings (SSSR count). The number of hydrogen-bond acceptors (Lipinski definition) is 5. The Hall–Kier alpha value is -3.42. The van der Waals surface area contributed by atoms with Crippen LogP contribution in [0.5, 0.6) is 0 Å². The number of carbonyl (C=O) groups excluding carboxylic acids is 2. The molecule has 2 N–H and O–H groups in total. The van der Waals surface area contributed by atoms with Gasteiger partial charge in [0.15, 0.2) is 0 Å². The first-order valence-electron chi connectivity index (χ1n) is 13.8. The Bertz CT molecular complexity index is 1160. The molecule has 212 valence electrons. The van der Waals surface area contributed by atoms with E-state index in [4.69, 9.17) is 15.2 Å². The van der Waals surface area contributed by atoms with Crippen molar-refractivity contribution in [1.29, 1.82) is 0 Å². The SMILES string of the molecule is CC.CC(C)(C)OC(=O)N1CCC2C(C1)CC(C)(OC(N)=O)C2C/C=C/c1ccc(-c2cccc(F)c2)cn1. The van der Waals surface area contributed by atoms with Gasteiger partial charge in [0.05, 0.1) is 5.69 Å². The second kappa shape index (κ2) is 12.6. The van der Waals surface area contributed by atoms with Crippen molar-refractivity contribution in [1.82, 2.24) is 9.88 Å². The van der Waals surface area contributed by atoms with E-state index in [2.05, 4.69) is 11.1 Å². The molecule has 1 saturated heterocycles. The van der Waals surface area contributed by atoms with E-state index in [-0.39, 0.29) is 29.7 Å². The molecule has 2 amide bonds. The zero-order valence-corrected chi connectivity index (χ0v) is 23.9. The highest BCUT2D eigenvalue weighted by Crippen LogP contribution is 2.51. The minimum absolute atomic E-state index is 0.0635. The topological polar surface area (TPSA) is 94.7 Å². The lowest BCUT2D eigenvalue weighted by Gasteiger charge is -2.38. The Morgan fingerprint density at radius 1 is 1.21 bits per heavy atom. The number of aromatic nitrogens is 1. The number of nitrogens with two attached hydrogens (primary N) is 1. The molecule has 1 aromatic heterocycles. The van der Waals surface area contributed by atoms with Gasteiger partial charge < -0.3 is 20.1 Å². The molecule has 1 aliphatic heterocycles. The van der Waals surface area contributed by atoms with Crippen LogP contribution in [0.15, 0.2) is 48.7 Å². The quantitative estimate of drug-likeness (QED) is 0.439. The average molecular weight is 540 g/mol. The van der Waals surface area contributed by atoms with E-state index >= 15 is 0 Å². The molecule has 1 saturated carbocycles. The molecule has 2 fully saturated rings. The summed E-state index contributed by atoms with van der Waals surface area (Å²) in [6.45, 7) is 12.7. The molecule has 0 bridgehead atoms. The number of allylic oxidation sites excluding steroid dienone is 1. The summed E-state index contributed by atoms with van der Waals surface area (Å²) in [7, 11) is 0. The Labute approximate surface area is 231 Å². The first kappa shape index (κ1) is 30.1. The summed E-state index contributed by atoms with van der Waals surface area (Å²) in [5.74, 6) is 0.256. The number of amides is 2. The van der Waals surface area contributed by atoms with Gasteiger partial charge in [0.2, 0.25) is 0 Å². The van der Waals surface area contributed by atoms with Gasteiger partial charge in [0.1, 0.15) is 17.0 Å². The minimum Gasteiger partial charge on any atom is -0.444 e. The summed E-state index contributed by atoms with van der Waals surface area (Å²) in [6, 6.07) is 10.2. The normalized spacial score (nSPS) is 24.5. The number of hydrogen-bond donors (Lipinski definition) is 1. The highest BCUT2D eigenvalue weighted by atomic mass is 19.1. The fraction of sp³-hybridized carbons (Fsp3) is 0.516. The smallest absolute Gasteiger partial charge is 0.410 e. The van der Waals surface area contributed by atoms with Crippen LogP contribution < -0.4 is 5.73 Å². The van der Waals surface area contributed by atoms with Crippen molar-refractivity contribution < 1.29 is 23.5 Å². The van der Waals surface area contributed by atoms with Crippen LogP contribution in [0.4, 0.5) is 14.0 Å². The van der Waals surface area contributed by atoms with Crippen LogP contribution in [0.3, 0.4) is 0 Å². The van der Waals surface area contributed by atoms with Gasteiger partial charge >= 0.3 is 12.2 Å². The number of fused-ring (bicyclic) bond motifs is 1. The highest BCUT2D eigenvalue weighted by Gasteiger charge is 2.54. The summed E-state index contributed by atoms with van der Waals surface area (Å²) in [5.41, 5.74) is 6.58. The Morgan fingerprint density at radius 2 is 1.95 bits per heavy atom. The van der Waals surface area contributed by atoms with Crippen molar-refractivity contribution in [3.63, 3.8) is 0 Å². The van der Waals surface area contributed by atoms with Crippen LogP contribution in [-0.4, -0.2) is 46.4 Å². The number of benzene rings is 1. The fourth-order valence-electron chi connectivity index (χ4n) is 5.86. The molecule has 7 nitrogen and oxygen atoms in total. The fourth-order valence-corrected chi connectivity index (χ4v) is 5.86. The molecular weight excluding hydrogens is 497 g/mol. The van der Waals surface area contributed by atoms with Crippen molar-refractivity contribution in [2.75, 3.05) is 13.1 Å². The van der Waals surface area contributed by atoms with Crippen LogP contribution in [0.1, 0.15) is 66.5 Å². The number of carbonyl (C=O) groups is 2. The zero-order valence-electron chi connectivity index (χ0n) is 23.9. The molecule has 2 heterocycles. The third-order valence-corrected chi connectivity index (χ3v) is 7.37. The molecule has 8 heteroatoms. The maximum Gasteiger partial charge on any atom is 0.410 e. The predicted molar refractivity (Wildman–Crippen MR) is 151 cm³/mol. The number of pyridine rings is 1. The Balaban J connectivity index is 0.00000205. The third-order valence-electron chi connectivity index (χ3n) is 7.37. The average Bonchev–Trinajstić information content (AvgIpc) is 3.14. The first-order valence-corrected chi connectivity index (χ1v) is 13.8. The summed E-state index contributed by atoms with van der Waals surface area (Å²) in [4.78, 5) is 30.7. The van der Waals surface area contributed by atoms with Gasteiger partial charge in [0, 0.05) is 30.8 Å². The lowest BCUT2D eigenvalue weighted by molar-refractivity contribution is -0.00702. The van der Waals surface area contributed by atoms with Gasteiger partial charge in [-0.15, -0.1) is 0 Å². The molecule has 0 spiro atoms. The largest absolute Gasteiger partial charge is 0.444 e.